The number of nitrogens with zero attached hydrogens (tertiary/aromatic N) is 1. The maximum absolute atomic E-state index is 4.72. The Balaban J connectivity index is 2.13. The van der Waals surface area contributed by atoms with Crippen molar-refractivity contribution >= 4 is 11.6 Å². The predicted octanol–water partition coefficient (Wildman–Crippen LogP) is 5.60. The van der Waals surface area contributed by atoms with Gasteiger partial charge in [-0.05, 0) is 50.1 Å². The minimum absolute atomic E-state index is 1.01. The van der Waals surface area contributed by atoms with Crippen molar-refractivity contribution in [1.29, 1.82) is 0 Å². The van der Waals surface area contributed by atoms with Crippen molar-refractivity contribution in [3.63, 3.8) is 0 Å². The molecule has 0 atom stereocenters. The minimum atomic E-state index is 1.01. The summed E-state index contributed by atoms with van der Waals surface area (Å²) in [5, 5.41) is 0. The number of rotatable bonds is 3. The first-order chi connectivity index (χ1) is 11.1. The van der Waals surface area contributed by atoms with E-state index < -0.39 is 0 Å². The maximum Gasteiger partial charge on any atom is 0.0711 e. The first-order valence-electron chi connectivity index (χ1n) is 7.91. The average molecular weight is 299 g/mol. The van der Waals surface area contributed by atoms with Crippen molar-refractivity contribution in [3.8, 4) is 0 Å². The standard InChI is InChI=1S/C22H21N/c1-16-7-11-19(12-8-16)15-21(20-13-9-17(2)10-14-20)22-6-4-5-18(3)23-22/h4-15H,1-3H3. The van der Waals surface area contributed by atoms with Gasteiger partial charge in [-0.15, -0.1) is 0 Å². The molecule has 0 radical (unpaired) electrons. The van der Waals surface area contributed by atoms with E-state index in [1.54, 1.807) is 0 Å². The van der Waals surface area contributed by atoms with Gasteiger partial charge in [0.2, 0.25) is 0 Å². The number of benzene rings is 2. The quantitative estimate of drug-likeness (QED) is 0.574. The van der Waals surface area contributed by atoms with Gasteiger partial charge in [-0.1, -0.05) is 65.7 Å². The molecule has 3 rings (SSSR count). The summed E-state index contributed by atoms with van der Waals surface area (Å²) in [7, 11) is 0. The third kappa shape index (κ3) is 3.75. The van der Waals surface area contributed by atoms with E-state index in [1.165, 1.54) is 22.3 Å². The van der Waals surface area contributed by atoms with E-state index in [2.05, 4.69) is 80.6 Å². The van der Waals surface area contributed by atoms with Crippen molar-refractivity contribution < 1.29 is 0 Å². The summed E-state index contributed by atoms with van der Waals surface area (Å²) in [6.45, 7) is 6.25. The summed E-state index contributed by atoms with van der Waals surface area (Å²) in [5.41, 5.74) is 8.11. The third-order valence-corrected chi connectivity index (χ3v) is 3.92. The van der Waals surface area contributed by atoms with Gasteiger partial charge in [-0.3, -0.25) is 4.98 Å². The predicted molar refractivity (Wildman–Crippen MR) is 98.3 cm³/mol. The summed E-state index contributed by atoms with van der Waals surface area (Å²) >= 11 is 0. The fraction of sp³-hybridized carbons (Fsp3) is 0.136. The summed E-state index contributed by atoms with van der Waals surface area (Å²) < 4.78 is 0. The molecule has 114 valence electrons. The van der Waals surface area contributed by atoms with Crippen LogP contribution in [0.5, 0.6) is 0 Å². The molecule has 3 aromatic rings. The largest absolute Gasteiger partial charge is 0.253 e. The van der Waals surface area contributed by atoms with Crippen molar-refractivity contribution in [1.82, 2.24) is 4.98 Å². The highest BCUT2D eigenvalue weighted by Gasteiger charge is 2.07. The van der Waals surface area contributed by atoms with Crippen molar-refractivity contribution in [2.75, 3.05) is 0 Å². The van der Waals surface area contributed by atoms with Crippen molar-refractivity contribution in [2.24, 2.45) is 0 Å². The number of aryl methyl sites for hydroxylation is 3. The Kier molecular flexibility index (Phi) is 4.38. The van der Waals surface area contributed by atoms with Gasteiger partial charge in [0.25, 0.3) is 0 Å². The molecule has 0 saturated heterocycles. The van der Waals surface area contributed by atoms with Crippen LogP contribution in [0.25, 0.3) is 11.6 Å². The molecule has 0 N–H and O–H groups in total. The lowest BCUT2D eigenvalue weighted by molar-refractivity contribution is 1.17. The second-order valence-corrected chi connectivity index (χ2v) is 6.00. The van der Waals surface area contributed by atoms with Crippen LogP contribution in [-0.2, 0) is 0 Å². The maximum atomic E-state index is 4.72. The molecule has 0 unspecified atom stereocenters. The van der Waals surface area contributed by atoms with Crippen LogP contribution in [0.1, 0.15) is 33.6 Å². The number of hydrogen-bond donors (Lipinski definition) is 0. The lowest BCUT2D eigenvalue weighted by Crippen LogP contribution is -1.94. The average Bonchev–Trinajstić information content (AvgIpc) is 2.55. The van der Waals surface area contributed by atoms with Crippen molar-refractivity contribution in [2.45, 2.75) is 20.8 Å². The molecule has 0 saturated carbocycles. The molecule has 0 fully saturated rings. The van der Waals surface area contributed by atoms with Crippen LogP contribution in [-0.4, -0.2) is 4.98 Å². The van der Waals surface area contributed by atoms with Gasteiger partial charge in [0, 0.05) is 11.3 Å². The first kappa shape index (κ1) is 15.2. The molecule has 1 aromatic heterocycles. The Morgan fingerprint density at radius 1 is 0.739 bits per heavy atom. The van der Waals surface area contributed by atoms with E-state index in [1.807, 2.05) is 13.0 Å². The molecule has 1 heteroatoms. The van der Waals surface area contributed by atoms with E-state index in [0.29, 0.717) is 0 Å². The molecule has 1 nitrogen and oxygen atoms in total. The van der Waals surface area contributed by atoms with E-state index >= 15 is 0 Å². The molecule has 0 amide bonds. The Labute approximate surface area is 138 Å². The van der Waals surface area contributed by atoms with Crippen molar-refractivity contribution in [3.05, 3.63) is 100 Å². The highest BCUT2D eigenvalue weighted by Crippen LogP contribution is 2.25. The number of hydrogen-bond acceptors (Lipinski definition) is 1. The Hall–Kier alpha value is -2.67. The number of aromatic nitrogens is 1. The fourth-order valence-corrected chi connectivity index (χ4v) is 2.56. The lowest BCUT2D eigenvalue weighted by atomic mass is 9.98. The van der Waals surface area contributed by atoms with Crippen LogP contribution < -0.4 is 0 Å². The second-order valence-electron chi connectivity index (χ2n) is 6.00. The Bertz CT molecular complexity index is 825. The molecular weight excluding hydrogens is 278 g/mol. The molecule has 2 aromatic carbocycles. The van der Waals surface area contributed by atoms with Crippen LogP contribution in [0.3, 0.4) is 0 Å². The van der Waals surface area contributed by atoms with E-state index in [4.69, 9.17) is 4.98 Å². The summed E-state index contributed by atoms with van der Waals surface area (Å²) in [6.07, 6.45) is 2.21. The molecule has 0 aliphatic rings. The second kappa shape index (κ2) is 6.62. The SMILES string of the molecule is Cc1ccc(C=C(c2ccc(C)cc2)c2cccc(C)n2)cc1. The van der Waals surface area contributed by atoms with Gasteiger partial charge >= 0.3 is 0 Å². The Morgan fingerprint density at radius 2 is 1.35 bits per heavy atom. The van der Waals surface area contributed by atoms with Crippen LogP contribution >= 0.6 is 0 Å². The molecule has 23 heavy (non-hydrogen) atoms. The smallest absolute Gasteiger partial charge is 0.0711 e. The zero-order chi connectivity index (χ0) is 16.2. The normalized spacial score (nSPS) is 11.5. The zero-order valence-corrected chi connectivity index (χ0v) is 13.9. The van der Waals surface area contributed by atoms with Gasteiger partial charge in [-0.2, -0.15) is 0 Å². The zero-order valence-electron chi connectivity index (χ0n) is 13.9. The molecule has 0 aliphatic heterocycles. The fourth-order valence-electron chi connectivity index (χ4n) is 2.56. The number of pyridine rings is 1. The Morgan fingerprint density at radius 3 is 1.96 bits per heavy atom. The van der Waals surface area contributed by atoms with Crippen LogP contribution in [0.15, 0.2) is 66.7 Å². The molecule has 1 heterocycles. The third-order valence-electron chi connectivity index (χ3n) is 3.92. The highest BCUT2D eigenvalue weighted by atomic mass is 14.7. The molecular formula is C22H21N. The van der Waals surface area contributed by atoms with Gasteiger partial charge < -0.3 is 0 Å². The monoisotopic (exact) mass is 299 g/mol. The highest BCUT2D eigenvalue weighted by molar-refractivity contribution is 5.90. The van der Waals surface area contributed by atoms with Crippen LogP contribution in [0.4, 0.5) is 0 Å². The van der Waals surface area contributed by atoms with E-state index in [0.717, 1.165) is 17.0 Å². The molecule has 0 spiro atoms. The molecule has 0 bridgehead atoms. The minimum Gasteiger partial charge on any atom is -0.253 e. The van der Waals surface area contributed by atoms with Crippen LogP contribution in [0.2, 0.25) is 0 Å². The summed E-state index contributed by atoms with van der Waals surface area (Å²) in [5.74, 6) is 0. The topological polar surface area (TPSA) is 12.9 Å². The first-order valence-corrected chi connectivity index (χ1v) is 7.91. The van der Waals surface area contributed by atoms with Gasteiger partial charge in [0.15, 0.2) is 0 Å². The lowest BCUT2D eigenvalue weighted by Gasteiger charge is -2.10. The van der Waals surface area contributed by atoms with Gasteiger partial charge in [0.05, 0.1) is 5.69 Å². The van der Waals surface area contributed by atoms with Gasteiger partial charge in [-0.25, -0.2) is 0 Å². The van der Waals surface area contributed by atoms with E-state index in [-0.39, 0.29) is 0 Å². The van der Waals surface area contributed by atoms with Crippen LogP contribution in [0, 0.1) is 20.8 Å². The summed E-state index contributed by atoms with van der Waals surface area (Å²) in [4.78, 5) is 4.72. The van der Waals surface area contributed by atoms with Gasteiger partial charge in [0.1, 0.15) is 0 Å². The van der Waals surface area contributed by atoms with E-state index in [9.17, 15) is 0 Å². The summed E-state index contributed by atoms with van der Waals surface area (Å²) in [6, 6.07) is 23.4. The molecule has 0 aliphatic carbocycles.